The lowest BCUT2D eigenvalue weighted by molar-refractivity contribution is 0.118. The van der Waals surface area contributed by atoms with E-state index < -0.39 is 0 Å². The second-order valence-corrected chi connectivity index (χ2v) is 4.30. The molecule has 2 aliphatic rings. The van der Waals surface area contributed by atoms with Crippen LogP contribution in [0.3, 0.4) is 0 Å². The van der Waals surface area contributed by atoms with Gasteiger partial charge in [-0.3, -0.25) is 0 Å². The minimum Gasteiger partial charge on any atom is -0.396 e. The van der Waals surface area contributed by atoms with E-state index in [4.69, 9.17) is 10.8 Å². The van der Waals surface area contributed by atoms with E-state index in [-0.39, 0.29) is 5.54 Å². The minimum atomic E-state index is 0.0116. The van der Waals surface area contributed by atoms with Crippen LogP contribution in [0, 0.1) is 11.8 Å². The predicted molar refractivity (Wildman–Crippen MR) is 44.1 cm³/mol. The lowest BCUT2D eigenvalue weighted by Gasteiger charge is -2.36. The maximum atomic E-state index is 9.10. The molecule has 0 amide bonds. The molecule has 3 atom stereocenters. The molecule has 0 aromatic heterocycles. The summed E-state index contributed by atoms with van der Waals surface area (Å²) in [5.41, 5.74) is 6.21. The fourth-order valence-electron chi connectivity index (χ4n) is 2.83. The monoisotopic (exact) mass is 155 g/mol. The normalized spacial score (nSPS) is 49.6. The highest BCUT2D eigenvalue weighted by Gasteiger charge is 2.45. The van der Waals surface area contributed by atoms with Crippen LogP contribution in [0.1, 0.15) is 32.1 Å². The largest absolute Gasteiger partial charge is 0.396 e. The smallest absolute Gasteiger partial charge is 0.0476 e. The van der Waals surface area contributed by atoms with Crippen LogP contribution in [-0.4, -0.2) is 17.3 Å². The Balaban J connectivity index is 2.13. The van der Waals surface area contributed by atoms with Crippen molar-refractivity contribution in [3.63, 3.8) is 0 Å². The summed E-state index contributed by atoms with van der Waals surface area (Å²) < 4.78 is 0. The van der Waals surface area contributed by atoms with Crippen molar-refractivity contribution >= 4 is 0 Å². The van der Waals surface area contributed by atoms with Crippen LogP contribution >= 0.6 is 0 Å². The summed E-state index contributed by atoms with van der Waals surface area (Å²) in [6.07, 6.45) is 6.05. The average molecular weight is 155 g/mol. The molecule has 11 heavy (non-hydrogen) atoms. The molecular weight excluding hydrogens is 138 g/mol. The molecular formula is C9H17NO. The summed E-state index contributed by atoms with van der Waals surface area (Å²) in [7, 11) is 0. The highest BCUT2D eigenvalue weighted by molar-refractivity contribution is 5.01. The topological polar surface area (TPSA) is 46.2 Å². The lowest BCUT2D eigenvalue weighted by atomic mass is 9.75. The Morgan fingerprint density at radius 2 is 2.18 bits per heavy atom. The highest BCUT2D eigenvalue weighted by Crippen LogP contribution is 2.46. The van der Waals surface area contributed by atoms with Crippen LogP contribution in [-0.2, 0) is 0 Å². The molecule has 0 aromatic rings. The second kappa shape index (κ2) is 2.46. The van der Waals surface area contributed by atoms with E-state index in [1.807, 2.05) is 0 Å². The summed E-state index contributed by atoms with van der Waals surface area (Å²) in [6.45, 7) is 0.295. The molecule has 0 spiro atoms. The quantitative estimate of drug-likeness (QED) is 0.590. The minimum absolute atomic E-state index is 0.0116. The van der Waals surface area contributed by atoms with Crippen LogP contribution in [0.15, 0.2) is 0 Å². The summed E-state index contributed by atoms with van der Waals surface area (Å²) in [5.74, 6) is 1.27. The van der Waals surface area contributed by atoms with Crippen LogP contribution in [0.5, 0.6) is 0 Å². The number of hydrogen-bond donors (Lipinski definition) is 2. The van der Waals surface area contributed by atoms with Gasteiger partial charge in [-0.1, -0.05) is 0 Å². The molecule has 2 nitrogen and oxygen atoms in total. The molecule has 2 rings (SSSR count). The Morgan fingerprint density at radius 1 is 1.36 bits per heavy atom. The van der Waals surface area contributed by atoms with Gasteiger partial charge in [0.2, 0.25) is 0 Å². The van der Waals surface area contributed by atoms with Crippen LogP contribution in [0.25, 0.3) is 0 Å². The van der Waals surface area contributed by atoms with Gasteiger partial charge < -0.3 is 10.8 Å². The SMILES string of the molecule is NC12CCC(CCC1CO)C2. The fraction of sp³-hybridized carbons (Fsp3) is 1.00. The molecule has 3 unspecified atom stereocenters. The van der Waals surface area contributed by atoms with Crippen molar-refractivity contribution in [2.75, 3.05) is 6.61 Å². The third-order valence-corrected chi connectivity index (χ3v) is 3.64. The molecule has 3 N–H and O–H groups in total. The zero-order valence-electron chi connectivity index (χ0n) is 6.92. The first kappa shape index (κ1) is 7.56. The zero-order valence-corrected chi connectivity index (χ0v) is 6.92. The molecule has 2 saturated carbocycles. The molecule has 2 bridgehead atoms. The van der Waals surface area contributed by atoms with E-state index in [9.17, 15) is 0 Å². The maximum absolute atomic E-state index is 9.10. The van der Waals surface area contributed by atoms with Gasteiger partial charge in [0.15, 0.2) is 0 Å². The van der Waals surface area contributed by atoms with Crippen molar-refractivity contribution in [2.24, 2.45) is 17.6 Å². The second-order valence-electron chi connectivity index (χ2n) is 4.30. The van der Waals surface area contributed by atoms with Gasteiger partial charge in [0.1, 0.15) is 0 Å². The predicted octanol–water partition coefficient (Wildman–Crippen LogP) is 0.886. The van der Waals surface area contributed by atoms with Crippen LogP contribution < -0.4 is 5.73 Å². The van der Waals surface area contributed by atoms with E-state index in [0.29, 0.717) is 12.5 Å². The Hall–Kier alpha value is -0.0800. The first-order valence-corrected chi connectivity index (χ1v) is 4.64. The summed E-state index contributed by atoms with van der Waals surface area (Å²) in [5, 5.41) is 9.10. The third-order valence-electron chi connectivity index (χ3n) is 3.64. The van der Waals surface area contributed by atoms with Gasteiger partial charge in [-0.2, -0.15) is 0 Å². The third kappa shape index (κ3) is 1.09. The van der Waals surface area contributed by atoms with Gasteiger partial charge >= 0.3 is 0 Å². The average Bonchev–Trinajstić information content (AvgIpc) is 2.29. The standard InChI is InChI=1S/C9H17NO/c10-9-4-3-7(5-9)1-2-8(9)6-11/h7-8,11H,1-6,10H2. The first-order chi connectivity index (χ1) is 5.24. The summed E-state index contributed by atoms with van der Waals surface area (Å²) in [6, 6.07) is 0. The van der Waals surface area contributed by atoms with Crippen molar-refractivity contribution in [1.29, 1.82) is 0 Å². The zero-order chi connectivity index (χ0) is 7.90. The van der Waals surface area contributed by atoms with Crippen molar-refractivity contribution < 1.29 is 5.11 Å². The van der Waals surface area contributed by atoms with E-state index in [0.717, 1.165) is 25.2 Å². The van der Waals surface area contributed by atoms with Gasteiger partial charge in [0, 0.05) is 12.1 Å². The first-order valence-electron chi connectivity index (χ1n) is 4.64. The molecule has 0 radical (unpaired) electrons. The Morgan fingerprint density at radius 3 is 2.91 bits per heavy atom. The molecule has 0 aromatic carbocycles. The van der Waals surface area contributed by atoms with Crippen molar-refractivity contribution in [3.8, 4) is 0 Å². The number of aliphatic hydroxyl groups excluding tert-OH is 1. The van der Waals surface area contributed by atoms with Gasteiger partial charge in [0.05, 0.1) is 0 Å². The lowest BCUT2D eigenvalue weighted by Crippen LogP contribution is -2.48. The van der Waals surface area contributed by atoms with Crippen molar-refractivity contribution in [2.45, 2.75) is 37.6 Å². The van der Waals surface area contributed by atoms with Gasteiger partial charge in [-0.15, -0.1) is 0 Å². The van der Waals surface area contributed by atoms with Crippen molar-refractivity contribution in [1.82, 2.24) is 0 Å². The molecule has 0 saturated heterocycles. The Bertz CT molecular complexity index is 160. The number of aliphatic hydroxyl groups is 1. The van der Waals surface area contributed by atoms with E-state index in [1.54, 1.807) is 0 Å². The van der Waals surface area contributed by atoms with Gasteiger partial charge in [-0.05, 0) is 43.9 Å². The van der Waals surface area contributed by atoms with E-state index in [1.165, 1.54) is 12.8 Å². The van der Waals surface area contributed by atoms with Crippen LogP contribution in [0.2, 0.25) is 0 Å². The molecule has 0 heterocycles. The summed E-state index contributed by atoms with van der Waals surface area (Å²) >= 11 is 0. The maximum Gasteiger partial charge on any atom is 0.0476 e. The Kier molecular flexibility index (Phi) is 1.69. The molecule has 2 fully saturated rings. The Labute approximate surface area is 67.8 Å². The summed E-state index contributed by atoms with van der Waals surface area (Å²) in [4.78, 5) is 0. The van der Waals surface area contributed by atoms with Crippen molar-refractivity contribution in [3.05, 3.63) is 0 Å². The molecule has 0 aliphatic heterocycles. The van der Waals surface area contributed by atoms with E-state index >= 15 is 0 Å². The van der Waals surface area contributed by atoms with E-state index in [2.05, 4.69) is 0 Å². The number of hydrogen-bond acceptors (Lipinski definition) is 2. The van der Waals surface area contributed by atoms with Crippen LogP contribution in [0.4, 0.5) is 0 Å². The van der Waals surface area contributed by atoms with Gasteiger partial charge in [-0.25, -0.2) is 0 Å². The number of rotatable bonds is 1. The fourth-order valence-corrected chi connectivity index (χ4v) is 2.83. The number of nitrogens with two attached hydrogens (primary N) is 1. The molecule has 2 aliphatic carbocycles. The highest BCUT2D eigenvalue weighted by atomic mass is 16.3. The molecule has 64 valence electrons. The number of fused-ring (bicyclic) bond motifs is 2. The van der Waals surface area contributed by atoms with Gasteiger partial charge in [0.25, 0.3) is 0 Å². The molecule has 2 heteroatoms.